The second kappa shape index (κ2) is 6.06. The quantitative estimate of drug-likeness (QED) is 0.767. The summed E-state index contributed by atoms with van der Waals surface area (Å²) in [5.41, 5.74) is 1.19. The minimum atomic E-state index is 0.671. The summed E-state index contributed by atoms with van der Waals surface area (Å²) in [5.74, 6) is 0.913. The molecule has 2 aromatic rings. The summed E-state index contributed by atoms with van der Waals surface area (Å²) in [4.78, 5) is 0. The van der Waals surface area contributed by atoms with E-state index in [2.05, 4.69) is 10.4 Å². The van der Waals surface area contributed by atoms with Gasteiger partial charge in [0.05, 0.1) is 6.20 Å². The van der Waals surface area contributed by atoms with Gasteiger partial charge in [0.1, 0.15) is 12.4 Å². The fraction of sp³-hybridized carbons (Fsp3) is 0.308. The highest BCUT2D eigenvalue weighted by atomic mass is 16.5. The van der Waals surface area contributed by atoms with E-state index in [0.29, 0.717) is 6.61 Å². The maximum Gasteiger partial charge on any atom is 0.119 e. The molecule has 0 fully saturated rings. The highest BCUT2D eigenvalue weighted by Gasteiger charge is 1.95. The number of nitrogens with one attached hydrogen (secondary N) is 1. The third kappa shape index (κ3) is 3.92. The third-order valence-corrected chi connectivity index (χ3v) is 2.38. The van der Waals surface area contributed by atoms with Crippen LogP contribution in [0.15, 0.2) is 42.7 Å². The first kappa shape index (κ1) is 11.7. The van der Waals surface area contributed by atoms with Crippen LogP contribution in [-0.4, -0.2) is 22.9 Å². The fourth-order valence-electron chi connectivity index (χ4n) is 1.55. The van der Waals surface area contributed by atoms with E-state index < -0.39 is 0 Å². The van der Waals surface area contributed by atoms with Gasteiger partial charge in [0.25, 0.3) is 0 Å². The predicted molar refractivity (Wildman–Crippen MR) is 66.9 cm³/mol. The molecule has 1 heterocycles. The van der Waals surface area contributed by atoms with Crippen molar-refractivity contribution in [1.29, 1.82) is 0 Å². The third-order valence-electron chi connectivity index (χ3n) is 2.38. The normalized spacial score (nSPS) is 10.4. The SMILES string of the molecule is Cn1cc(CNCCOc2ccccc2)cn1. The Labute approximate surface area is 101 Å². The summed E-state index contributed by atoms with van der Waals surface area (Å²) in [6.45, 7) is 2.32. The number of nitrogens with zero attached hydrogens (tertiary/aromatic N) is 2. The Kier molecular flexibility index (Phi) is 4.16. The molecule has 1 aromatic carbocycles. The van der Waals surface area contributed by atoms with E-state index in [1.165, 1.54) is 5.56 Å². The highest BCUT2D eigenvalue weighted by Crippen LogP contribution is 2.07. The minimum Gasteiger partial charge on any atom is -0.492 e. The molecule has 0 aliphatic carbocycles. The molecular weight excluding hydrogens is 214 g/mol. The van der Waals surface area contributed by atoms with Crippen molar-refractivity contribution in [3.05, 3.63) is 48.3 Å². The zero-order valence-corrected chi connectivity index (χ0v) is 9.97. The van der Waals surface area contributed by atoms with E-state index in [4.69, 9.17) is 4.74 Å². The van der Waals surface area contributed by atoms with E-state index in [1.54, 1.807) is 4.68 Å². The van der Waals surface area contributed by atoms with Gasteiger partial charge >= 0.3 is 0 Å². The Bertz CT molecular complexity index is 439. The second-order valence-corrected chi connectivity index (χ2v) is 3.86. The van der Waals surface area contributed by atoms with Crippen LogP contribution in [0.3, 0.4) is 0 Å². The van der Waals surface area contributed by atoms with Gasteiger partial charge in [0, 0.05) is 31.9 Å². The van der Waals surface area contributed by atoms with Crippen molar-refractivity contribution >= 4 is 0 Å². The Hall–Kier alpha value is -1.81. The zero-order chi connectivity index (χ0) is 11.9. The van der Waals surface area contributed by atoms with Gasteiger partial charge < -0.3 is 10.1 Å². The van der Waals surface area contributed by atoms with Gasteiger partial charge in [-0.2, -0.15) is 5.10 Å². The topological polar surface area (TPSA) is 39.1 Å². The molecule has 0 bridgehead atoms. The van der Waals surface area contributed by atoms with Gasteiger partial charge in [-0.05, 0) is 12.1 Å². The monoisotopic (exact) mass is 231 g/mol. The van der Waals surface area contributed by atoms with Gasteiger partial charge in [-0.15, -0.1) is 0 Å². The van der Waals surface area contributed by atoms with Crippen LogP contribution in [-0.2, 0) is 13.6 Å². The molecule has 4 nitrogen and oxygen atoms in total. The molecule has 17 heavy (non-hydrogen) atoms. The van der Waals surface area contributed by atoms with E-state index in [0.717, 1.165) is 18.8 Å². The molecule has 90 valence electrons. The number of ether oxygens (including phenoxy) is 1. The maximum absolute atomic E-state index is 5.57. The molecule has 0 atom stereocenters. The van der Waals surface area contributed by atoms with Crippen LogP contribution in [0.1, 0.15) is 5.56 Å². The average Bonchev–Trinajstić information content (AvgIpc) is 2.76. The van der Waals surface area contributed by atoms with Crippen molar-refractivity contribution in [2.45, 2.75) is 6.54 Å². The highest BCUT2D eigenvalue weighted by molar-refractivity contribution is 5.20. The molecule has 1 aromatic heterocycles. The lowest BCUT2D eigenvalue weighted by Crippen LogP contribution is -2.20. The first-order chi connectivity index (χ1) is 8.34. The number of hydrogen-bond donors (Lipinski definition) is 1. The number of rotatable bonds is 6. The summed E-state index contributed by atoms with van der Waals surface area (Å²) >= 11 is 0. The first-order valence-electron chi connectivity index (χ1n) is 5.71. The van der Waals surface area contributed by atoms with Crippen LogP contribution in [0.4, 0.5) is 0 Å². The summed E-state index contributed by atoms with van der Waals surface area (Å²) in [6, 6.07) is 9.84. The van der Waals surface area contributed by atoms with Gasteiger partial charge in [0.15, 0.2) is 0 Å². The van der Waals surface area contributed by atoms with Gasteiger partial charge in [-0.25, -0.2) is 0 Å². The molecule has 0 radical (unpaired) electrons. The molecule has 0 aliphatic heterocycles. The van der Waals surface area contributed by atoms with Crippen LogP contribution < -0.4 is 10.1 Å². The van der Waals surface area contributed by atoms with E-state index >= 15 is 0 Å². The number of aromatic nitrogens is 2. The molecule has 0 saturated heterocycles. The lowest BCUT2D eigenvalue weighted by Gasteiger charge is -2.06. The molecule has 0 amide bonds. The van der Waals surface area contributed by atoms with Crippen molar-refractivity contribution in [1.82, 2.24) is 15.1 Å². The molecule has 1 N–H and O–H groups in total. The molecule has 0 aliphatic rings. The summed E-state index contributed by atoms with van der Waals surface area (Å²) in [6.07, 6.45) is 3.87. The smallest absolute Gasteiger partial charge is 0.119 e. The number of benzene rings is 1. The maximum atomic E-state index is 5.57. The Morgan fingerprint density at radius 3 is 2.82 bits per heavy atom. The van der Waals surface area contributed by atoms with Crippen LogP contribution in [0, 0.1) is 0 Å². The minimum absolute atomic E-state index is 0.671. The Morgan fingerprint density at radius 1 is 1.29 bits per heavy atom. The lowest BCUT2D eigenvalue weighted by molar-refractivity contribution is 0.313. The Balaban J connectivity index is 1.61. The van der Waals surface area contributed by atoms with Crippen molar-refractivity contribution in [2.24, 2.45) is 7.05 Å². The second-order valence-electron chi connectivity index (χ2n) is 3.86. The van der Waals surface area contributed by atoms with Gasteiger partial charge in [-0.1, -0.05) is 18.2 Å². The van der Waals surface area contributed by atoms with Crippen molar-refractivity contribution < 1.29 is 4.74 Å². The summed E-state index contributed by atoms with van der Waals surface area (Å²) in [7, 11) is 1.92. The van der Waals surface area contributed by atoms with Crippen LogP contribution in [0.5, 0.6) is 5.75 Å². The standard InChI is InChI=1S/C13H17N3O/c1-16-11-12(10-15-16)9-14-7-8-17-13-5-3-2-4-6-13/h2-6,10-11,14H,7-9H2,1H3. The molecule has 0 saturated carbocycles. The van der Waals surface area contributed by atoms with Gasteiger partial charge in [0.2, 0.25) is 0 Å². The molecule has 0 unspecified atom stereocenters. The zero-order valence-electron chi connectivity index (χ0n) is 9.97. The largest absolute Gasteiger partial charge is 0.492 e. The van der Waals surface area contributed by atoms with Crippen molar-refractivity contribution in [3.63, 3.8) is 0 Å². The van der Waals surface area contributed by atoms with Crippen LogP contribution in [0.25, 0.3) is 0 Å². The lowest BCUT2D eigenvalue weighted by atomic mass is 10.3. The average molecular weight is 231 g/mol. The van der Waals surface area contributed by atoms with Crippen molar-refractivity contribution in [2.75, 3.05) is 13.2 Å². The van der Waals surface area contributed by atoms with E-state index in [9.17, 15) is 0 Å². The van der Waals surface area contributed by atoms with Crippen LogP contribution in [0.2, 0.25) is 0 Å². The molecular formula is C13H17N3O. The van der Waals surface area contributed by atoms with E-state index in [-0.39, 0.29) is 0 Å². The predicted octanol–water partition coefficient (Wildman–Crippen LogP) is 1.59. The molecule has 4 heteroatoms. The van der Waals surface area contributed by atoms with Crippen LogP contribution >= 0.6 is 0 Å². The summed E-state index contributed by atoms with van der Waals surface area (Å²) < 4.78 is 7.37. The number of para-hydroxylation sites is 1. The first-order valence-corrected chi connectivity index (χ1v) is 5.71. The molecule has 2 rings (SSSR count). The summed E-state index contributed by atoms with van der Waals surface area (Å²) in [5, 5.41) is 7.42. The number of aryl methyl sites for hydroxylation is 1. The number of hydrogen-bond acceptors (Lipinski definition) is 3. The fourth-order valence-corrected chi connectivity index (χ4v) is 1.55. The Morgan fingerprint density at radius 2 is 2.12 bits per heavy atom. The van der Waals surface area contributed by atoms with E-state index in [1.807, 2.05) is 49.8 Å². The molecule has 0 spiro atoms. The van der Waals surface area contributed by atoms with Gasteiger partial charge in [-0.3, -0.25) is 4.68 Å². The van der Waals surface area contributed by atoms with Crippen molar-refractivity contribution in [3.8, 4) is 5.75 Å².